The van der Waals surface area contributed by atoms with Crippen molar-refractivity contribution in [2.24, 2.45) is 0 Å². The Morgan fingerprint density at radius 2 is 1.79 bits per heavy atom. The second kappa shape index (κ2) is 6.92. The number of para-hydroxylation sites is 1. The maximum atomic E-state index is 13.3. The highest BCUT2D eigenvalue weighted by Crippen LogP contribution is 2.49. The summed E-state index contributed by atoms with van der Waals surface area (Å²) < 4.78 is 46.0. The summed E-state index contributed by atoms with van der Waals surface area (Å²) in [5, 5.41) is 0. The van der Waals surface area contributed by atoms with Crippen molar-refractivity contribution < 1.29 is 17.9 Å². The molecule has 1 fully saturated rings. The van der Waals surface area contributed by atoms with Gasteiger partial charge in [0.25, 0.3) is 0 Å². The van der Waals surface area contributed by atoms with Gasteiger partial charge in [-0.05, 0) is 37.2 Å². The van der Waals surface area contributed by atoms with E-state index in [2.05, 4.69) is 22.9 Å². The van der Waals surface area contributed by atoms with Crippen molar-refractivity contribution >= 4 is 11.4 Å². The van der Waals surface area contributed by atoms with Gasteiger partial charge in [-0.1, -0.05) is 18.2 Å². The maximum absolute atomic E-state index is 13.3. The highest BCUT2D eigenvalue weighted by Gasteiger charge is 2.37. The molecule has 0 spiro atoms. The Bertz CT molecular complexity index is 922. The third-order valence-corrected chi connectivity index (χ3v) is 6.34. The molecule has 2 aromatic carbocycles. The van der Waals surface area contributed by atoms with E-state index in [9.17, 15) is 13.2 Å². The third-order valence-electron chi connectivity index (χ3n) is 6.34. The number of likely N-dealkylation sites (N-methyl/N-ethyl adjacent to an activating group) is 1. The second-order valence-electron chi connectivity index (χ2n) is 8.12. The van der Waals surface area contributed by atoms with Crippen LogP contribution in [0.25, 0.3) is 0 Å². The van der Waals surface area contributed by atoms with Crippen LogP contribution in [-0.2, 0) is 12.8 Å². The number of fused-ring (bicyclic) bond motifs is 2. The molecule has 0 N–H and O–H groups in total. The number of hydrogen-bond donors (Lipinski definition) is 0. The van der Waals surface area contributed by atoms with Crippen LogP contribution in [-0.4, -0.2) is 49.6 Å². The molecule has 3 aliphatic heterocycles. The molecular weight excluding hydrogens is 379 g/mol. The van der Waals surface area contributed by atoms with Crippen LogP contribution in [0.1, 0.15) is 29.2 Å². The van der Waals surface area contributed by atoms with E-state index in [0.29, 0.717) is 30.6 Å². The minimum atomic E-state index is -4.37. The number of hydrogen-bond acceptors (Lipinski definition) is 4. The first-order valence-corrected chi connectivity index (χ1v) is 10.1. The van der Waals surface area contributed by atoms with Crippen LogP contribution >= 0.6 is 0 Å². The number of ether oxygens (including phenoxy) is 1. The van der Waals surface area contributed by atoms with Crippen LogP contribution in [0.4, 0.5) is 24.5 Å². The van der Waals surface area contributed by atoms with Crippen molar-refractivity contribution in [1.29, 1.82) is 0 Å². The summed E-state index contributed by atoms with van der Waals surface area (Å²) in [5.74, 6) is 0.512. The summed E-state index contributed by atoms with van der Waals surface area (Å²) in [6.45, 7) is 5.14. The first-order chi connectivity index (χ1) is 13.9. The monoisotopic (exact) mass is 403 g/mol. The fourth-order valence-electron chi connectivity index (χ4n) is 4.78. The number of alkyl halides is 3. The van der Waals surface area contributed by atoms with Gasteiger partial charge in [-0.25, -0.2) is 0 Å². The fraction of sp³-hybridized carbons (Fsp3) is 0.455. The predicted molar refractivity (Wildman–Crippen MR) is 106 cm³/mol. The van der Waals surface area contributed by atoms with E-state index in [-0.39, 0.29) is 0 Å². The Labute approximate surface area is 168 Å². The molecule has 0 radical (unpaired) electrons. The number of benzene rings is 2. The number of halogens is 3. The topological polar surface area (TPSA) is 19.0 Å². The molecule has 29 heavy (non-hydrogen) atoms. The van der Waals surface area contributed by atoms with Gasteiger partial charge in [0.05, 0.1) is 16.9 Å². The molecule has 154 valence electrons. The SMILES string of the molecule is CN1CCN(C2CCN3c4cc(C(F)(F)F)ccc4OCc4cccc2c43)CC1. The van der Waals surface area contributed by atoms with Gasteiger partial charge in [-0.3, -0.25) is 4.90 Å². The Morgan fingerprint density at radius 1 is 1.00 bits per heavy atom. The molecule has 0 amide bonds. The average molecular weight is 403 g/mol. The molecule has 5 rings (SSSR count). The Hall–Kier alpha value is -2.25. The molecule has 0 aliphatic carbocycles. The predicted octanol–water partition coefficient (Wildman–Crippen LogP) is 4.43. The summed E-state index contributed by atoms with van der Waals surface area (Å²) in [5.41, 5.74) is 3.14. The third kappa shape index (κ3) is 3.26. The lowest BCUT2D eigenvalue weighted by Crippen LogP contribution is -2.47. The Morgan fingerprint density at radius 3 is 2.55 bits per heavy atom. The van der Waals surface area contributed by atoms with E-state index >= 15 is 0 Å². The molecule has 7 heteroatoms. The van der Waals surface area contributed by atoms with Crippen LogP contribution < -0.4 is 9.64 Å². The van der Waals surface area contributed by atoms with E-state index in [1.807, 2.05) is 17.0 Å². The highest BCUT2D eigenvalue weighted by atomic mass is 19.4. The summed E-state index contributed by atoms with van der Waals surface area (Å²) >= 11 is 0. The molecule has 2 aromatic rings. The normalized spacial score (nSPS) is 22.5. The Kier molecular flexibility index (Phi) is 4.47. The van der Waals surface area contributed by atoms with Crippen molar-refractivity contribution in [1.82, 2.24) is 9.80 Å². The molecule has 1 unspecified atom stereocenters. The number of piperazine rings is 1. The van der Waals surface area contributed by atoms with Crippen LogP contribution in [0.5, 0.6) is 5.75 Å². The largest absolute Gasteiger partial charge is 0.487 e. The van der Waals surface area contributed by atoms with E-state index in [0.717, 1.165) is 49.9 Å². The summed E-state index contributed by atoms with van der Waals surface area (Å²) in [6.07, 6.45) is -3.49. The van der Waals surface area contributed by atoms with E-state index in [1.165, 1.54) is 17.7 Å². The van der Waals surface area contributed by atoms with Crippen LogP contribution in [0.15, 0.2) is 36.4 Å². The van der Waals surface area contributed by atoms with Gasteiger partial charge in [-0.15, -0.1) is 0 Å². The summed E-state index contributed by atoms with van der Waals surface area (Å²) in [4.78, 5) is 6.89. The second-order valence-corrected chi connectivity index (χ2v) is 8.12. The molecule has 0 saturated carbocycles. The smallest absolute Gasteiger partial charge is 0.416 e. The number of rotatable bonds is 1. The number of anilines is 2. The lowest BCUT2D eigenvalue weighted by Gasteiger charge is -2.43. The zero-order valence-electron chi connectivity index (χ0n) is 16.4. The van der Waals surface area contributed by atoms with E-state index in [1.54, 1.807) is 0 Å². The first kappa shape index (κ1) is 18.8. The molecule has 1 atom stereocenters. The molecule has 3 aliphatic rings. The minimum absolute atomic E-state index is 0.294. The molecule has 0 bridgehead atoms. The zero-order valence-corrected chi connectivity index (χ0v) is 16.4. The lowest BCUT2D eigenvalue weighted by molar-refractivity contribution is -0.137. The van der Waals surface area contributed by atoms with Gasteiger partial charge >= 0.3 is 6.18 Å². The van der Waals surface area contributed by atoms with Gasteiger partial charge in [0.1, 0.15) is 12.4 Å². The van der Waals surface area contributed by atoms with Crippen LogP contribution in [0.3, 0.4) is 0 Å². The fourth-order valence-corrected chi connectivity index (χ4v) is 4.78. The standard InChI is InChI=1S/C22H24F3N3O/c1-26-9-11-27(12-10-26)18-7-8-28-19-13-16(22(23,24)25)5-6-20(19)29-14-15-3-2-4-17(18)21(15)28/h2-6,13,18H,7-12,14H2,1H3. The van der Waals surface area contributed by atoms with E-state index in [4.69, 9.17) is 4.74 Å². The maximum Gasteiger partial charge on any atom is 0.416 e. The van der Waals surface area contributed by atoms with Gasteiger partial charge in [-0.2, -0.15) is 13.2 Å². The lowest BCUT2D eigenvalue weighted by atomic mass is 9.91. The van der Waals surface area contributed by atoms with E-state index < -0.39 is 11.7 Å². The zero-order chi connectivity index (χ0) is 20.2. The quantitative estimate of drug-likeness (QED) is 0.701. The van der Waals surface area contributed by atoms with Crippen molar-refractivity contribution in [3.63, 3.8) is 0 Å². The molecule has 4 nitrogen and oxygen atoms in total. The average Bonchev–Trinajstić information content (AvgIpc) is 2.87. The van der Waals surface area contributed by atoms with Gasteiger partial charge in [0, 0.05) is 44.3 Å². The van der Waals surface area contributed by atoms with Crippen molar-refractivity contribution in [2.45, 2.75) is 25.2 Å². The molecular formula is C22H24F3N3O. The number of nitrogens with zero attached hydrogens (tertiary/aromatic N) is 3. The van der Waals surface area contributed by atoms with Gasteiger partial charge < -0.3 is 14.5 Å². The van der Waals surface area contributed by atoms with Crippen molar-refractivity contribution in [3.8, 4) is 5.75 Å². The minimum Gasteiger partial charge on any atom is -0.487 e. The van der Waals surface area contributed by atoms with Gasteiger partial charge in [0.2, 0.25) is 0 Å². The summed E-state index contributed by atoms with van der Waals surface area (Å²) in [6, 6.07) is 10.3. The van der Waals surface area contributed by atoms with Crippen LogP contribution in [0, 0.1) is 0 Å². The van der Waals surface area contributed by atoms with Crippen molar-refractivity contribution in [2.75, 3.05) is 44.7 Å². The molecule has 3 heterocycles. The first-order valence-electron chi connectivity index (χ1n) is 10.1. The highest BCUT2D eigenvalue weighted by molar-refractivity contribution is 5.77. The van der Waals surface area contributed by atoms with Crippen LogP contribution in [0.2, 0.25) is 0 Å². The molecule has 1 saturated heterocycles. The summed E-state index contributed by atoms with van der Waals surface area (Å²) in [7, 11) is 2.14. The van der Waals surface area contributed by atoms with Crippen molar-refractivity contribution in [3.05, 3.63) is 53.1 Å². The van der Waals surface area contributed by atoms with Gasteiger partial charge in [0.15, 0.2) is 0 Å². The molecule has 0 aromatic heterocycles. The Balaban J connectivity index is 1.58.